The minimum atomic E-state index is -0.0817. The predicted octanol–water partition coefficient (Wildman–Crippen LogP) is 1.76. The summed E-state index contributed by atoms with van der Waals surface area (Å²) in [6, 6.07) is 5.22. The minimum absolute atomic E-state index is 0.0315. The van der Waals surface area contributed by atoms with E-state index < -0.39 is 0 Å². The Kier molecular flexibility index (Phi) is 5.68. The quantitative estimate of drug-likeness (QED) is 0.792. The molecule has 0 spiro atoms. The van der Waals surface area contributed by atoms with Crippen LogP contribution in [0.15, 0.2) is 18.2 Å². The standard InChI is InChI=1S/C20H27N3O4/c1-14(2)19(25)22-8-4-9-23(11-10-22)20(26)15-5-6-17-16(13-15)21(3)18(24)7-12-27-17/h5-6,13-14H,4,7-12H2,1-3H3. The summed E-state index contributed by atoms with van der Waals surface area (Å²) in [5.41, 5.74) is 1.15. The number of hydrogen-bond acceptors (Lipinski definition) is 4. The first kappa shape index (κ1) is 19.2. The van der Waals surface area contributed by atoms with Crippen LogP contribution in [0.25, 0.3) is 0 Å². The van der Waals surface area contributed by atoms with Gasteiger partial charge in [-0.3, -0.25) is 14.4 Å². The van der Waals surface area contributed by atoms with Crippen LogP contribution in [0.5, 0.6) is 5.75 Å². The zero-order valence-corrected chi connectivity index (χ0v) is 16.2. The molecule has 0 N–H and O–H groups in total. The van der Waals surface area contributed by atoms with Crippen molar-refractivity contribution >= 4 is 23.4 Å². The van der Waals surface area contributed by atoms with Gasteiger partial charge in [0.05, 0.1) is 18.7 Å². The van der Waals surface area contributed by atoms with Crippen LogP contribution in [0.2, 0.25) is 0 Å². The van der Waals surface area contributed by atoms with Gasteiger partial charge in [0.25, 0.3) is 5.91 Å². The maximum atomic E-state index is 13.0. The van der Waals surface area contributed by atoms with Crippen molar-refractivity contribution in [3.63, 3.8) is 0 Å². The lowest BCUT2D eigenvalue weighted by Gasteiger charge is -2.24. The fourth-order valence-electron chi connectivity index (χ4n) is 3.47. The molecule has 3 amide bonds. The smallest absolute Gasteiger partial charge is 0.253 e. The monoisotopic (exact) mass is 373 g/mol. The zero-order chi connectivity index (χ0) is 19.6. The summed E-state index contributed by atoms with van der Waals surface area (Å²) in [5.74, 6) is 0.596. The molecule has 1 fully saturated rings. The highest BCUT2D eigenvalue weighted by molar-refractivity contribution is 5.99. The summed E-state index contributed by atoms with van der Waals surface area (Å²) in [5, 5.41) is 0. The lowest BCUT2D eigenvalue weighted by atomic mass is 10.1. The Bertz CT molecular complexity index is 747. The molecule has 7 heteroatoms. The third kappa shape index (κ3) is 4.07. The molecule has 27 heavy (non-hydrogen) atoms. The van der Waals surface area contributed by atoms with E-state index in [9.17, 15) is 14.4 Å². The summed E-state index contributed by atoms with van der Waals surface area (Å²) < 4.78 is 5.62. The van der Waals surface area contributed by atoms with Crippen LogP contribution in [0.1, 0.15) is 37.0 Å². The van der Waals surface area contributed by atoms with Crippen LogP contribution in [-0.4, -0.2) is 67.4 Å². The fraction of sp³-hybridized carbons (Fsp3) is 0.550. The number of amides is 3. The van der Waals surface area contributed by atoms with E-state index in [2.05, 4.69) is 0 Å². The topological polar surface area (TPSA) is 70.2 Å². The van der Waals surface area contributed by atoms with Crippen LogP contribution < -0.4 is 9.64 Å². The van der Waals surface area contributed by atoms with E-state index in [1.165, 1.54) is 0 Å². The molecule has 2 aliphatic heterocycles. The fourth-order valence-corrected chi connectivity index (χ4v) is 3.47. The van der Waals surface area contributed by atoms with Crippen molar-refractivity contribution in [3.05, 3.63) is 23.8 Å². The van der Waals surface area contributed by atoms with Gasteiger partial charge in [0, 0.05) is 44.7 Å². The van der Waals surface area contributed by atoms with Crippen molar-refractivity contribution < 1.29 is 19.1 Å². The first-order valence-corrected chi connectivity index (χ1v) is 9.50. The van der Waals surface area contributed by atoms with Crippen LogP contribution >= 0.6 is 0 Å². The average molecular weight is 373 g/mol. The molecule has 1 aromatic rings. The number of fused-ring (bicyclic) bond motifs is 1. The van der Waals surface area contributed by atoms with Crippen molar-refractivity contribution in [2.24, 2.45) is 5.92 Å². The largest absolute Gasteiger partial charge is 0.491 e. The van der Waals surface area contributed by atoms with Gasteiger partial charge in [0.2, 0.25) is 11.8 Å². The van der Waals surface area contributed by atoms with E-state index in [-0.39, 0.29) is 23.6 Å². The van der Waals surface area contributed by atoms with E-state index >= 15 is 0 Å². The number of carbonyl (C=O) groups is 3. The Morgan fingerprint density at radius 1 is 1.07 bits per heavy atom. The molecule has 0 unspecified atom stereocenters. The highest BCUT2D eigenvalue weighted by atomic mass is 16.5. The molecule has 0 aliphatic carbocycles. The van der Waals surface area contributed by atoms with Crippen LogP contribution in [-0.2, 0) is 9.59 Å². The average Bonchev–Trinajstić information content (AvgIpc) is 2.98. The molecule has 2 heterocycles. The van der Waals surface area contributed by atoms with Gasteiger partial charge in [-0.1, -0.05) is 13.8 Å². The second kappa shape index (κ2) is 7.98. The van der Waals surface area contributed by atoms with Gasteiger partial charge in [-0.05, 0) is 24.6 Å². The summed E-state index contributed by atoms with van der Waals surface area (Å²) in [4.78, 5) is 42.5. The Balaban J connectivity index is 1.75. The molecule has 146 valence electrons. The number of benzene rings is 1. The van der Waals surface area contributed by atoms with Gasteiger partial charge in [-0.15, -0.1) is 0 Å². The molecule has 7 nitrogen and oxygen atoms in total. The Hall–Kier alpha value is -2.57. The third-order valence-electron chi connectivity index (χ3n) is 5.10. The highest BCUT2D eigenvalue weighted by Gasteiger charge is 2.26. The number of hydrogen-bond donors (Lipinski definition) is 0. The maximum Gasteiger partial charge on any atom is 0.253 e. The molecular weight excluding hydrogens is 346 g/mol. The molecule has 0 atom stereocenters. The number of anilines is 1. The van der Waals surface area contributed by atoms with Crippen LogP contribution in [0.3, 0.4) is 0 Å². The summed E-state index contributed by atoms with van der Waals surface area (Å²) in [6.07, 6.45) is 1.08. The number of nitrogens with zero attached hydrogens (tertiary/aromatic N) is 3. The van der Waals surface area contributed by atoms with Gasteiger partial charge in [-0.25, -0.2) is 0 Å². The molecule has 0 bridgehead atoms. The van der Waals surface area contributed by atoms with Crippen LogP contribution in [0.4, 0.5) is 5.69 Å². The van der Waals surface area contributed by atoms with E-state index in [1.54, 1.807) is 35.0 Å². The maximum absolute atomic E-state index is 13.0. The number of rotatable bonds is 2. The Morgan fingerprint density at radius 2 is 1.78 bits per heavy atom. The number of carbonyl (C=O) groups excluding carboxylic acids is 3. The summed E-state index contributed by atoms with van der Waals surface area (Å²) in [6.45, 7) is 6.49. The molecule has 0 aromatic heterocycles. The van der Waals surface area contributed by atoms with E-state index in [0.717, 1.165) is 6.42 Å². The Morgan fingerprint density at radius 3 is 2.52 bits per heavy atom. The van der Waals surface area contributed by atoms with Gasteiger partial charge in [-0.2, -0.15) is 0 Å². The van der Waals surface area contributed by atoms with Gasteiger partial charge in [0.1, 0.15) is 5.75 Å². The lowest BCUT2D eigenvalue weighted by Crippen LogP contribution is -2.39. The zero-order valence-electron chi connectivity index (χ0n) is 16.2. The molecule has 0 radical (unpaired) electrons. The Labute approximate surface area is 159 Å². The van der Waals surface area contributed by atoms with Gasteiger partial charge in [0.15, 0.2) is 0 Å². The number of ether oxygens (including phenoxy) is 1. The lowest BCUT2D eigenvalue weighted by molar-refractivity contribution is -0.134. The van der Waals surface area contributed by atoms with Crippen molar-refractivity contribution in [2.45, 2.75) is 26.7 Å². The summed E-state index contributed by atoms with van der Waals surface area (Å²) >= 11 is 0. The van der Waals surface area contributed by atoms with Crippen molar-refractivity contribution in [3.8, 4) is 5.75 Å². The first-order valence-electron chi connectivity index (χ1n) is 9.50. The molecular formula is C20H27N3O4. The molecule has 1 aromatic carbocycles. The van der Waals surface area contributed by atoms with Gasteiger partial charge < -0.3 is 19.4 Å². The summed E-state index contributed by atoms with van der Waals surface area (Å²) in [7, 11) is 1.70. The second-order valence-corrected chi connectivity index (χ2v) is 7.36. The van der Waals surface area contributed by atoms with E-state index in [1.807, 2.05) is 18.7 Å². The molecule has 2 aliphatic rings. The van der Waals surface area contributed by atoms with Crippen molar-refractivity contribution in [1.29, 1.82) is 0 Å². The van der Waals surface area contributed by atoms with Gasteiger partial charge >= 0.3 is 0 Å². The van der Waals surface area contributed by atoms with Crippen molar-refractivity contribution in [2.75, 3.05) is 44.7 Å². The highest BCUT2D eigenvalue weighted by Crippen LogP contribution is 2.32. The first-order chi connectivity index (χ1) is 12.9. The molecule has 3 rings (SSSR count). The molecule has 1 saturated heterocycles. The SMILES string of the molecule is CC(C)C(=O)N1CCCN(C(=O)c2ccc3c(c2)N(C)C(=O)CCO3)CC1. The normalized spacial score (nSPS) is 17.9. The van der Waals surface area contributed by atoms with E-state index in [0.29, 0.717) is 56.2 Å². The minimum Gasteiger partial charge on any atom is -0.491 e. The van der Waals surface area contributed by atoms with Crippen LogP contribution in [0, 0.1) is 5.92 Å². The molecule has 0 saturated carbocycles. The second-order valence-electron chi connectivity index (χ2n) is 7.36. The predicted molar refractivity (Wildman–Crippen MR) is 102 cm³/mol. The third-order valence-corrected chi connectivity index (χ3v) is 5.10. The van der Waals surface area contributed by atoms with E-state index in [4.69, 9.17) is 4.74 Å². The van der Waals surface area contributed by atoms with Crippen molar-refractivity contribution in [1.82, 2.24) is 9.80 Å².